The number of carbonyl (C=O) groups excluding carboxylic acids is 1. The molecule has 2 aromatic carbocycles. The van der Waals surface area contributed by atoms with Crippen LogP contribution in [0.15, 0.2) is 48.7 Å². The number of aromatic nitrogens is 1. The second-order valence-corrected chi connectivity index (χ2v) is 12.2. The van der Waals surface area contributed by atoms with Crippen molar-refractivity contribution in [2.75, 3.05) is 23.4 Å². The van der Waals surface area contributed by atoms with Gasteiger partial charge in [-0.05, 0) is 86.1 Å². The molecule has 186 valence electrons. The van der Waals surface area contributed by atoms with Crippen molar-refractivity contribution in [2.45, 2.75) is 45.2 Å². The molecule has 7 nitrogen and oxygen atoms in total. The molecular formula is C27H33N3O4S. The van der Waals surface area contributed by atoms with Crippen molar-refractivity contribution in [3.63, 3.8) is 0 Å². The largest absolute Gasteiger partial charge is 0.493 e. The van der Waals surface area contributed by atoms with Crippen molar-refractivity contribution < 1.29 is 18.6 Å². The number of nitrogens with one attached hydrogen (secondary N) is 2. The van der Waals surface area contributed by atoms with Gasteiger partial charge >= 0.3 is 0 Å². The van der Waals surface area contributed by atoms with E-state index in [9.17, 15) is 13.9 Å². The topological polar surface area (TPSA) is 104 Å². The molecule has 0 bridgehead atoms. The van der Waals surface area contributed by atoms with Gasteiger partial charge in [-0.3, -0.25) is 18.9 Å². The van der Waals surface area contributed by atoms with Crippen LogP contribution >= 0.6 is 10.6 Å². The van der Waals surface area contributed by atoms with E-state index in [2.05, 4.69) is 21.7 Å². The zero-order valence-corrected chi connectivity index (χ0v) is 20.8. The number of nitrogens with zero attached hydrogens (tertiary/aromatic N) is 1. The van der Waals surface area contributed by atoms with Gasteiger partial charge in [-0.15, -0.1) is 0 Å². The van der Waals surface area contributed by atoms with Crippen LogP contribution in [0.1, 0.15) is 47.2 Å². The van der Waals surface area contributed by atoms with Gasteiger partial charge < -0.3 is 15.4 Å². The first-order chi connectivity index (χ1) is 16.9. The number of rotatable bonds is 8. The highest BCUT2D eigenvalue weighted by atomic mass is 32.3. The first kappa shape index (κ1) is 24.1. The molecule has 0 atom stereocenters. The van der Waals surface area contributed by atoms with Crippen molar-refractivity contribution in [2.24, 2.45) is 5.92 Å². The molecule has 1 aliphatic heterocycles. The third kappa shape index (κ3) is 6.13. The van der Waals surface area contributed by atoms with Crippen molar-refractivity contribution >= 4 is 33.1 Å². The minimum absolute atomic E-state index is 0.161. The summed E-state index contributed by atoms with van der Waals surface area (Å²) in [5.74, 6) is 2.28. The maximum atomic E-state index is 12.8. The Kier molecular flexibility index (Phi) is 6.98. The van der Waals surface area contributed by atoms with E-state index in [4.69, 9.17) is 4.74 Å². The second-order valence-electron chi connectivity index (χ2n) is 9.75. The van der Waals surface area contributed by atoms with Gasteiger partial charge in [0.15, 0.2) is 0 Å². The third-order valence-corrected chi connectivity index (χ3v) is 8.67. The quantitative estimate of drug-likeness (QED) is 0.325. The number of benzene rings is 2. The predicted octanol–water partition coefficient (Wildman–Crippen LogP) is 5.59. The fraction of sp³-hybridized carbons (Fsp3) is 0.407. The van der Waals surface area contributed by atoms with Crippen LogP contribution in [0.25, 0.3) is 10.9 Å². The standard InChI is InChI=1S/C27H33N3O4S/c1-18-25(30-27(31)21-4-7-24(8-5-21)34-17-19-2-3-19)9-6-22-14-20(16-29-26(18)22)15-28-23-10-12-35(32,33)13-11-23/h4-9,14,16,19,23,28,32-33H,2-3,10-13,15,17H2,1H3,(H,30,31). The van der Waals surface area contributed by atoms with Crippen LogP contribution in [0.2, 0.25) is 0 Å². The number of ether oxygens (including phenoxy) is 1. The van der Waals surface area contributed by atoms with Crippen LogP contribution in [0, 0.1) is 12.8 Å². The van der Waals surface area contributed by atoms with Crippen molar-refractivity contribution in [1.82, 2.24) is 10.3 Å². The fourth-order valence-corrected chi connectivity index (χ4v) is 5.92. The summed E-state index contributed by atoms with van der Waals surface area (Å²) in [7, 11) is -2.36. The first-order valence-electron chi connectivity index (χ1n) is 12.3. The van der Waals surface area contributed by atoms with E-state index in [1.165, 1.54) is 12.8 Å². The van der Waals surface area contributed by atoms with Gasteiger partial charge in [0.1, 0.15) is 5.75 Å². The van der Waals surface area contributed by atoms with Crippen molar-refractivity contribution in [3.8, 4) is 5.75 Å². The summed E-state index contributed by atoms with van der Waals surface area (Å²) in [6.07, 6.45) is 5.92. The van der Waals surface area contributed by atoms with Crippen molar-refractivity contribution in [1.29, 1.82) is 0 Å². The van der Waals surface area contributed by atoms with E-state index in [0.717, 1.165) is 52.9 Å². The Morgan fingerprint density at radius 1 is 1.09 bits per heavy atom. The Morgan fingerprint density at radius 3 is 2.54 bits per heavy atom. The van der Waals surface area contributed by atoms with E-state index in [-0.39, 0.29) is 5.91 Å². The van der Waals surface area contributed by atoms with Crippen molar-refractivity contribution in [3.05, 3.63) is 65.4 Å². The molecule has 35 heavy (non-hydrogen) atoms. The lowest BCUT2D eigenvalue weighted by atomic mass is 10.1. The lowest BCUT2D eigenvalue weighted by Gasteiger charge is -2.39. The third-order valence-electron chi connectivity index (χ3n) is 6.89. The predicted molar refractivity (Wildman–Crippen MR) is 142 cm³/mol. The number of aryl methyl sites for hydroxylation is 1. The number of amides is 1. The van der Waals surface area contributed by atoms with Gasteiger partial charge in [-0.25, -0.2) is 0 Å². The summed E-state index contributed by atoms with van der Waals surface area (Å²) in [5.41, 5.74) is 4.20. The Morgan fingerprint density at radius 2 is 1.83 bits per heavy atom. The SMILES string of the molecule is Cc1c(NC(=O)c2ccc(OCC3CC3)cc2)ccc2cc(CNC3CCS(O)(O)CC3)cnc12. The molecular weight excluding hydrogens is 462 g/mol. The first-order valence-corrected chi connectivity index (χ1v) is 14.1. The number of hydrogen-bond acceptors (Lipinski definition) is 6. The van der Waals surface area contributed by atoms with Gasteiger partial charge in [0.25, 0.3) is 5.91 Å². The molecule has 0 radical (unpaired) electrons. The molecule has 1 aliphatic carbocycles. The van der Waals surface area contributed by atoms with Gasteiger partial charge in [-0.2, -0.15) is 10.6 Å². The Hall–Kier alpha value is -2.65. The molecule has 0 spiro atoms. The van der Waals surface area contributed by atoms with E-state index >= 15 is 0 Å². The summed E-state index contributed by atoms with van der Waals surface area (Å²) >= 11 is 0. The van der Waals surface area contributed by atoms with Gasteiger partial charge in [0, 0.05) is 46.9 Å². The maximum Gasteiger partial charge on any atom is 0.255 e. The number of hydrogen-bond donors (Lipinski definition) is 4. The van der Waals surface area contributed by atoms with Crippen LogP contribution in [-0.2, 0) is 6.54 Å². The van der Waals surface area contributed by atoms with Crippen LogP contribution < -0.4 is 15.4 Å². The van der Waals surface area contributed by atoms with Gasteiger partial charge in [0.05, 0.1) is 12.1 Å². The lowest BCUT2D eigenvalue weighted by molar-refractivity contribution is 0.102. The number of carbonyl (C=O) groups is 1. The highest BCUT2D eigenvalue weighted by Gasteiger charge is 2.24. The fourth-order valence-electron chi connectivity index (χ4n) is 4.40. The highest BCUT2D eigenvalue weighted by molar-refractivity contribution is 8.24. The monoisotopic (exact) mass is 495 g/mol. The van der Waals surface area contributed by atoms with Gasteiger partial charge in [0.2, 0.25) is 0 Å². The van der Waals surface area contributed by atoms with Crippen LogP contribution in [0.4, 0.5) is 5.69 Å². The minimum Gasteiger partial charge on any atom is -0.493 e. The summed E-state index contributed by atoms with van der Waals surface area (Å²) < 4.78 is 25.3. The number of pyridine rings is 1. The number of fused-ring (bicyclic) bond motifs is 1. The van der Waals surface area contributed by atoms with E-state index < -0.39 is 10.6 Å². The molecule has 5 rings (SSSR count). The molecule has 2 fully saturated rings. The molecule has 8 heteroatoms. The van der Waals surface area contributed by atoms with E-state index in [0.29, 0.717) is 35.6 Å². The van der Waals surface area contributed by atoms with Crippen LogP contribution in [-0.4, -0.2) is 44.2 Å². The maximum absolute atomic E-state index is 12.8. The molecule has 1 saturated carbocycles. The zero-order chi connectivity index (χ0) is 24.4. The molecule has 1 aromatic heterocycles. The average molecular weight is 496 g/mol. The summed E-state index contributed by atoms with van der Waals surface area (Å²) in [6.45, 7) is 3.41. The Bertz CT molecular complexity index is 1200. The summed E-state index contributed by atoms with van der Waals surface area (Å²) in [4.78, 5) is 17.5. The Labute approximate surface area is 207 Å². The highest BCUT2D eigenvalue weighted by Crippen LogP contribution is 2.43. The minimum atomic E-state index is -2.36. The van der Waals surface area contributed by atoms with Crippen LogP contribution in [0.3, 0.4) is 0 Å². The molecule has 1 amide bonds. The molecule has 2 aliphatic rings. The summed E-state index contributed by atoms with van der Waals surface area (Å²) in [5, 5.41) is 7.56. The molecule has 3 aromatic rings. The zero-order valence-electron chi connectivity index (χ0n) is 20.0. The molecule has 1 saturated heterocycles. The normalized spacial score (nSPS) is 18.8. The van der Waals surface area contributed by atoms with Crippen LogP contribution in [0.5, 0.6) is 5.75 Å². The molecule has 0 unspecified atom stereocenters. The number of anilines is 1. The molecule has 4 N–H and O–H groups in total. The van der Waals surface area contributed by atoms with Gasteiger partial charge in [-0.1, -0.05) is 6.07 Å². The molecule has 2 heterocycles. The average Bonchev–Trinajstić information content (AvgIpc) is 3.69. The van der Waals surface area contributed by atoms with E-state index in [1.807, 2.05) is 37.4 Å². The second kappa shape index (κ2) is 10.1. The smallest absolute Gasteiger partial charge is 0.255 e. The summed E-state index contributed by atoms with van der Waals surface area (Å²) in [6, 6.07) is 13.6. The lowest BCUT2D eigenvalue weighted by Crippen LogP contribution is -2.35. The Balaban J connectivity index is 1.20. The van der Waals surface area contributed by atoms with E-state index in [1.54, 1.807) is 12.1 Å².